The van der Waals surface area contributed by atoms with Crippen molar-refractivity contribution in [2.24, 2.45) is 0 Å². The quantitative estimate of drug-likeness (QED) is 0.540. The molecule has 3 aromatic rings. The molecule has 7 heteroatoms. The number of benzene rings is 2. The van der Waals surface area contributed by atoms with E-state index in [1.807, 2.05) is 24.3 Å². The molecule has 0 radical (unpaired) electrons. The molecular weight excluding hydrogens is 414 g/mol. The first-order chi connectivity index (χ1) is 15.2. The van der Waals surface area contributed by atoms with Gasteiger partial charge in [0.1, 0.15) is 29.7 Å². The number of carbonyl (C=O) groups is 1. The van der Waals surface area contributed by atoms with Crippen LogP contribution in [0.25, 0.3) is 6.08 Å². The van der Waals surface area contributed by atoms with Crippen molar-refractivity contribution in [1.82, 2.24) is 4.90 Å². The van der Waals surface area contributed by atoms with E-state index < -0.39 is 0 Å². The summed E-state index contributed by atoms with van der Waals surface area (Å²) in [6.45, 7) is 1.95. The zero-order valence-corrected chi connectivity index (χ0v) is 18.0. The Morgan fingerprint density at radius 3 is 2.84 bits per heavy atom. The minimum Gasteiger partial charge on any atom is -0.497 e. The number of carbonyl (C=O) groups excluding carboxylic acids is 1. The number of nitrogens with zero attached hydrogens (tertiary/aromatic N) is 1. The van der Waals surface area contributed by atoms with Gasteiger partial charge in [0.05, 0.1) is 25.3 Å². The first-order valence-electron chi connectivity index (χ1n) is 9.86. The average Bonchev–Trinajstić information content (AvgIpc) is 3.42. The summed E-state index contributed by atoms with van der Waals surface area (Å²) in [6.07, 6.45) is 1.71. The van der Waals surface area contributed by atoms with Crippen molar-refractivity contribution in [3.63, 3.8) is 0 Å². The van der Waals surface area contributed by atoms with E-state index in [1.165, 1.54) is 4.88 Å². The minimum atomic E-state index is -0.147. The number of thiophene rings is 1. The third-order valence-corrected chi connectivity index (χ3v) is 6.23. The minimum absolute atomic E-state index is 0.147. The van der Waals surface area contributed by atoms with Gasteiger partial charge in [0.15, 0.2) is 5.76 Å². The number of ketones is 1. The van der Waals surface area contributed by atoms with Gasteiger partial charge in [0, 0.05) is 29.6 Å². The fraction of sp³-hybridized carbons (Fsp3) is 0.208. The van der Waals surface area contributed by atoms with Crippen LogP contribution in [0.1, 0.15) is 26.4 Å². The molecule has 2 aromatic carbocycles. The Morgan fingerprint density at radius 2 is 2.06 bits per heavy atom. The van der Waals surface area contributed by atoms with E-state index in [9.17, 15) is 4.79 Å². The number of rotatable bonds is 5. The Labute approximate surface area is 184 Å². The molecule has 0 N–H and O–H groups in total. The molecule has 0 bridgehead atoms. The number of ether oxygens (including phenoxy) is 4. The summed E-state index contributed by atoms with van der Waals surface area (Å²) in [4.78, 5) is 16.5. The van der Waals surface area contributed by atoms with Crippen LogP contribution in [-0.2, 0) is 13.1 Å². The summed E-state index contributed by atoms with van der Waals surface area (Å²) >= 11 is 1.72. The summed E-state index contributed by atoms with van der Waals surface area (Å²) in [5.41, 5.74) is 2.20. The van der Waals surface area contributed by atoms with Gasteiger partial charge in [0.25, 0.3) is 0 Å². The normalized spacial score (nSPS) is 16.5. The monoisotopic (exact) mass is 435 g/mol. The summed E-state index contributed by atoms with van der Waals surface area (Å²) in [7, 11) is 3.18. The maximum absolute atomic E-state index is 13.0. The third-order valence-electron chi connectivity index (χ3n) is 5.37. The van der Waals surface area contributed by atoms with E-state index in [0.717, 1.165) is 23.4 Å². The van der Waals surface area contributed by atoms with Crippen LogP contribution < -0.4 is 18.9 Å². The molecule has 6 nitrogen and oxygen atoms in total. The van der Waals surface area contributed by atoms with Crippen LogP contribution in [0.3, 0.4) is 0 Å². The Balaban J connectivity index is 1.45. The van der Waals surface area contributed by atoms with Crippen molar-refractivity contribution in [3.8, 4) is 23.0 Å². The zero-order valence-electron chi connectivity index (χ0n) is 17.2. The maximum Gasteiger partial charge on any atom is 0.231 e. The van der Waals surface area contributed by atoms with Gasteiger partial charge in [0.2, 0.25) is 5.78 Å². The summed E-state index contributed by atoms with van der Waals surface area (Å²) in [5, 5.41) is 2.07. The Hall–Kier alpha value is -3.29. The van der Waals surface area contributed by atoms with Gasteiger partial charge in [-0.2, -0.15) is 0 Å². The molecule has 0 atom stereocenters. The van der Waals surface area contributed by atoms with Crippen molar-refractivity contribution in [2.75, 3.05) is 21.0 Å². The lowest BCUT2D eigenvalue weighted by molar-refractivity contribution is 0.0882. The van der Waals surface area contributed by atoms with Gasteiger partial charge in [-0.25, -0.2) is 0 Å². The molecule has 3 heterocycles. The molecule has 0 saturated carbocycles. The van der Waals surface area contributed by atoms with Crippen LogP contribution in [-0.4, -0.2) is 31.6 Å². The predicted octanol–water partition coefficient (Wildman–Crippen LogP) is 4.73. The fourth-order valence-corrected chi connectivity index (χ4v) is 4.55. The molecule has 158 valence electrons. The van der Waals surface area contributed by atoms with Crippen LogP contribution in [0.15, 0.2) is 53.6 Å². The van der Waals surface area contributed by atoms with Crippen LogP contribution in [0, 0.1) is 0 Å². The summed E-state index contributed by atoms with van der Waals surface area (Å²) in [5.74, 6) is 2.74. The molecule has 31 heavy (non-hydrogen) atoms. The predicted molar refractivity (Wildman–Crippen MR) is 118 cm³/mol. The number of allylic oxidation sites excluding steroid dienone is 1. The highest BCUT2D eigenvalue weighted by Crippen LogP contribution is 2.42. The molecule has 2 aliphatic rings. The van der Waals surface area contributed by atoms with E-state index in [2.05, 4.69) is 16.3 Å². The van der Waals surface area contributed by atoms with Crippen LogP contribution in [0.4, 0.5) is 0 Å². The highest BCUT2D eigenvalue weighted by Gasteiger charge is 2.33. The van der Waals surface area contributed by atoms with E-state index in [-0.39, 0.29) is 11.5 Å². The average molecular weight is 436 g/mol. The third kappa shape index (κ3) is 3.66. The number of fused-ring (bicyclic) bond motifs is 3. The molecule has 0 amide bonds. The molecule has 0 unspecified atom stereocenters. The standard InChI is InChI=1S/C24H21NO5S/c1-27-16-6-5-15(21(11-16)28-2)10-22-23(26)18-7-8-20-19(24(18)30-22)13-25(14-29-20)12-17-4-3-9-31-17/h3-11H,12-14H2,1-2H3/b22-10-. The first kappa shape index (κ1) is 19.7. The topological polar surface area (TPSA) is 57.2 Å². The van der Waals surface area contributed by atoms with Crippen molar-refractivity contribution in [3.05, 3.63) is 75.2 Å². The lowest BCUT2D eigenvalue weighted by atomic mass is 10.0. The van der Waals surface area contributed by atoms with Crippen molar-refractivity contribution < 1.29 is 23.7 Å². The second-order valence-electron chi connectivity index (χ2n) is 7.31. The molecule has 1 aromatic heterocycles. The van der Waals surface area contributed by atoms with E-state index in [0.29, 0.717) is 36.1 Å². The number of hydrogen-bond donors (Lipinski definition) is 0. The van der Waals surface area contributed by atoms with Crippen molar-refractivity contribution in [2.45, 2.75) is 13.1 Å². The van der Waals surface area contributed by atoms with Gasteiger partial charge < -0.3 is 18.9 Å². The number of Topliss-reactive ketones (excluding diaryl/α,β-unsaturated/α-hetero) is 1. The summed E-state index contributed by atoms with van der Waals surface area (Å²) in [6, 6.07) is 13.2. The van der Waals surface area contributed by atoms with Gasteiger partial charge in [-0.1, -0.05) is 6.07 Å². The molecule has 0 fully saturated rings. The van der Waals surface area contributed by atoms with Gasteiger partial charge in [-0.05, 0) is 41.8 Å². The highest BCUT2D eigenvalue weighted by molar-refractivity contribution is 7.09. The second kappa shape index (κ2) is 8.09. The van der Waals surface area contributed by atoms with Gasteiger partial charge >= 0.3 is 0 Å². The molecular formula is C24H21NO5S. The van der Waals surface area contributed by atoms with Crippen LogP contribution in [0.2, 0.25) is 0 Å². The second-order valence-corrected chi connectivity index (χ2v) is 8.34. The Bertz CT molecular complexity index is 1170. The molecule has 2 aliphatic heterocycles. The maximum atomic E-state index is 13.0. The Kier molecular flexibility index (Phi) is 5.13. The first-order valence-corrected chi connectivity index (χ1v) is 10.7. The SMILES string of the molecule is COc1ccc(/C=C2\Oc3c(ccc4c3CN(Cc3cccs3)CO4)C2=O)c(OC)c1. The lowest BCUT2D eigenvalue weighted by Gasteiger charge is -2.29. The zero-order chi connectivity index (χ0) is 21.4. The van der Waals surface area contributed by atoms with Gasteiger partial charge in [-0.3, -0.25) is 9.69 Å². The number of methoxy groups -OCH3 is 2. The lowest BCUT2D eigenvalue weighted by Crippen LogP contribution is -2.31. The van der Waals surface area contributed by atoms with E-state index in [4.69, 9.17) is 18.9 Å². The molecule has 0 aliphatic carbocycles. The summed E-state index contributed by atoms with van der Waals surface area (Å²) < 4.78 is 22.7. The van der Waals surface area contributed by atoms with Crippen molar-refractivity contribution in [1.29, 1.82) is 0 Å². The van der Waals surface area contributed by atoms with Crippen LogP contribution >= 0.6 is 11.3 Å². The fourth-order valence-electron chi connectivity index (χ4n) is 3.81. The molecule has 0 spiro atoms. The Morgan fingerprint density at radius 1 is 1.16 bits per heavy atom. The van der Waals surface area contributed by atoms with E-state index >= 15 is 0 Å². The smallest absolute Gasteiger partial charge is 0.231 e. The molecule has 0 saturated heterocycles. The van der Waals surface area contributed by atoms with Crippen LogP contribution in [0.5, 0.6) is 23.0 Å². The number of hydrogen-bond acceptors (Lipinski definition) is 7. The largest absolute Gasteiger partial charge is 0.497 e. The van der Waals surface area contributed by atoms with Crippen molar-refractivity contribution >= 4 is 23.2 Å². The van der Waals surface area contributed by atoms with E-state index in [1.54, 1.807) is 43.8 Å². The molecule has 5 rings (SSSR count). The highest BCUT2D eigenvalue weighted by atomic mass is 32.1. The van der Waals surface area contributed by atoms with Gasteiger partial charge in [-0.15, -0.1) is 11.3 Å².